The lowest BCUT2D eigenvalue weighted by Crippen LogP contribution is -2.45. The molecule has 3 aliphatic rings. The average molecular weight is 387 g/mol. The topological polar surface area (TPSA) is 88.2 Å². The lowest BCUT2D eigenvalue weighted by molar-refractivity contribution is -0.130. The van der Waals surface area contributed by atoms with Crippen LogP contribution in [0.2, 0.25) is 0 Å². The highest BCUT2D eigenvalue weighted by Crippen LogP contribution is 2.36. The van der Waals surface area contributed by atoms with Crippen molar-refractivity contribution < 1.29 is 23.9 Å². The number of nitrogens with one attached hydrogen (secondary N) is 1. The van der Waals surface area contributed by atoms with Gasteiger partial charge in [0, 0.05) is 50.3 Å². The molecule has 4 rings (SSSR count). The Morgan fingerprint density at radius 3 is 2.75 bits per heavy atom. The minimum Gasteiger partial charge on any atom is -0.486 e. The summed E-state index contributed by atoms with van der Waals surface area (Å²) in [6, 6.07) is 5.24. The minimum absolute atomic E-state index is 0.0841. The van der Waals surface area contributed by atoms with Crippen molar-refractivity contribution in [3.8, 4) is 11.5 Å². The van der Waals surface area contributed by atoms with Gasteiger partial charge < -0.3 is 24.6 Å². The Balaban J connectivity index is 1.36. The van der Waals surface area contributed by atoms with Crippen molar-refractivity contribution in [2.45, 2.75) is 32.2 Å². The third-order valence-corrected chi connectivity index (χ3v) is 5.39. The molecule has 1 N–H and O–H groups in total. The molecule has 0 aliphatic carbocycles. The van der Waals surface area contributed by atoms with Crippen LogP contribution in [0.25, 0.3) is 0 Å². The summed E-state index contributed by atoms with van der Waals surface area (Å²) in [5.74, 6) is 0.792. The van der Waals surface area contributed by atoms with E-state index < -0.39 is 5.92 Å². The fraction of sp³-hybridized carbons (Fsp3) is 0.550. The monoisotopic (exact) mass is 387 g/mol. The van der Waals surface area contributed by atoms with Gasteiger partial charge in [0.2, 0.25) is 17.7 Å². The van der Waals surface area contributed by atoms with Gasteiger partial charge in [-0.2, -0.15) is 0 Å². The molecule has 3 heterocycles. The van der Waals surface area contributed by atoms with E-state index in [2.05, 4.69) is 5.32 Å². The van der Waals surface area contributed by atoms with Crippen LogP contribution in [0.1, 0.15) is 26.2 Å². The summed E-state index contributed by atoms with van der Waals surface area (Å²) in [7, 11) is 0. The zero-order valence-electron chi connectivity index (χ0n) is 16.0. The van der Waals surface area contributed by atoms with Gasteiger partial charge in [0.15, 0.2) is 11.5 Å². The van der Waals surface area contributed by atoms with Gasteiger partial charge in [-0.05, 0) is 25.5 Å². The van der Waals surface area contributed by atoms with Gasteiger partial charge in [0.25, 0.3) is 0 Å². The molecule has 0 saturated carbocycles. The Labute approximate surface area is 163 Å². The number of hydrogen-bond donors (Lipinski definition) is 1. The van der Waals surface area contributed by atoms with E-state index in [0.717, 1.165) is 13.0 Å². The van der Waals surface area contributed by atoms with Gasteiger partial charge in [-0.3, -0.25) is 14.4 Å². The summed E-state index contributed by atoms with van der Waals surface area (Å²) in [6.07, 6.45) is 1.64. The molecule has 8 nitrogen and oxygen atoms in total. The van der Waals surface area contributed by atoms with Crippen LogP contribution in [0.5, 0.6) is 11.5 Å². The molecule has 8 heteroatoms. The molecule has 1 aromatic carbocycles. The van der Waals surface area contributed by atoms with Gasteiger partial charge in [-0.15, -0.1) is 0 Å². The van der Waals surface area contributed by atoms with Gasteiger partial charge in [0.05, 0.1) is 5.92 Å². The number of fused-ring (bicyclic) bond motifs is 1. The summed E-state index contributed by atoms with van der Waals surface area (Å²) < 4.78 is 11.1. The number of rotatable bonds is 5. The van der Waals surface area contributed by atoms with Crippen LogP contribution in [-0.4, -0.2) is 61.5 Å². The number of anilines is 1. The van der Waals surface area contributed by atoms with E-state index in [-0.39, 0.29) is 30.2 Å². The van der Waals surface area contributed by atoms with Gasteiger partial charge in [0.1, 0.15) is 13.2 Å². The fourth-order valence-corrected chi connectivity index (χ4v) is 3.97. The maximum Gasteiger partial charge on any atom is 0.227 e. The van der Waals surface area contributed by atoms with E-state index in [9.17, 15) is 14.4 Å². The number of hydrogen-bond acceptors (Lipinski definition) is 5. The first-order chi connectivity index (χ1) is 13.5. The molecule has 1 aromatic rings. The van der Waals surface area contributed by atoms with Gasteiger partial charge in [-0.1, -0.05) is 0 Å². The van der Waals surface area contributed by atoms with Gasteiger partial charge in [-0.25, -0.2) is 0 Å². The van der Waals surface area contributed by atoms with Crippen LogP contribution in [0.3, 0.4) is 0 Å². The summed E-state index contributed by atoms with van der Waals surface area (Å²) in [6.45, 7) is 4.47. The first kappa shape index (κ1) is 18.6. The molecule has 2 saturated heterocycles. The molecular formula is C20H25N3O5. The van der Waals surface area contributed by atoms with Gasteiger partial charge >= 0.3 is 0 Å². The number of likely N-dealkylation sites (tertiary alicyclic amines) is 1. The second-order valence-electron chi connectivity index (χ2n) is 7.59. The molecule has 28 heavy (non-hydrogen) atoms. The zero-order chi connectivity index (χ0) is 19.7. The van der Waals surface area contributed by atoms with Crippen molar-refractivity contribution in [1.82, 2.24) is 10.2 Å². The zero-order valence-corrected chi connectivity index (χ0v) is 16.0. The SMILES string of the molecule is CC(CN1CCCC1=O)NC(=O)C1CC(=O)N(c2ccc3c(c2)OCCO3)C1. The minimum atomic E-state index is -0.405. The fourth-order valence-electron chi connectivity index (χ4n) is 3.97. The molecule has 150 valence electrons. The van der Waals surface area contributed by atoms with Crippen LogP contribution in [0.4, 0.5) is 5.69 Å². The maximum absolute atomic E-state index is 12.6. The lowest BCUT2D eigenvalue weighted by atomic mass is 10.1. The van der Waals surface area contributed by atoms with E-state index in [1.54, 1.807) is 21.9 Å². The van der Waals surface area contributed by atoms with Crippen molar-refractivity contribution in [3.63, 3.8) is 0 Å². The summed E-state index contributed by atoms with van der Waals surface area (Å²) in [4.78, 5) is 40.3. The number of nitrogens with zero attached hydrogens (tertiary/aromatic N) is 2. The Kier molecular flexibility index (Phi) is 5.11. The first-order valence-corrected chi connectivity index (χ1v) is 9.79. The van der Waals surface area contributed by atoms with E-state index in [1.165, 1.54) is 0 Å². The summed E-state index contributed by atoms with van der Waals surface area (Å²) in [5.41, 5.74) is 0.709. The molecule has 0 spiro atoms. The van der Waals surface area contributed by atoms with E-state index in [4.69, 9.17) is 9.47 Å². The lowest BCUT2D eigenvalue weighted by Gasteiger charge is -2.23. The van der Waals surface area contributed by atoms with Crippen molar-refractivity contribution >= 4 is 23.4 Å². The molecule has 2 unspecified atom stereocenters. The van der Waals surface area contributed by atoms with Crippen LogP contribution in [0, 0.1) is 5.92 Å². The van der Waals surface area contributed by atoms with Crippen LogP contribution >= 0.6 is 0 Å². The second-order valence-corrected chi connectivity index (χ2v) is 7.59. The number of carbonyl (C=O) groups is 3. The molecule has 3 amide bonds. The van der Waals surface area contributed by atoms with E-state index >= 15 is 0 Å². The van der Waals surface area contributed by atoms with Crippen molar-refractivity contribution in [1.29, 1.82) is 0 Å². The third kappa shape index (κ3) is 3.76. The standard InChI is InChI=1S/C20H25N3O5/c1-13(11-22-6-2-3-18(22)24)21-20(26)14-9-19(25)23(12-14)15-4-5-16-17(10-15)28-8-7-27-16/h4-5,10,13-14H,2-3,6-9,11-12H2,1H3,(H,21,26). The summed E-state index contributed by atoms with van der Waals surface area (Å²) >= 11 is 0. The Morgan fingerprint density at radius 2 is 2.00 bits per heavy atom. The highest BCUT2D eigenvalue weighted by atomic mass is 16.6. The average Bonchev–Trinajstić information content (AvgIpc) is 3.27. The second kappa shape index (κ2) is 7.69. The predicted molar refractivity (Wildman–Crippen MR) is 101 cm³/mol. The Morgan fingerprint density at radius 1 is 1.21 bits per heavy atom. The van der Waals surface area contributed by atoms with Crippen molar-refractivity contribution in [2.75, 3.05) is 37.7 Å². The molecule has 0 bridgehead atoms. The molecular weight excluding hydrogens is 362 g/mol. The molecule has 2 fully saturated rings. The van der Waals surface area contributed by atoms with Crippen molar-refractivity contribution in [3.05, 3.63) is 18.2 Å². The normalized spacial score (nSPS) is 22.5. The van der Waals surface area contributed by atoms with E-state index in [0.29, 0.717) is 49.9 Å². The quantitative estimate of drug-likeness (QED) is 0.812. The maximum atomic E-state index is 12.6. The van der Waals surface area contributed by atoms with E-state index in [1.807, 2.05) is 13.0 Å². The number of benzene rings is 1. The first-order valence-electron chi connectivity index (χ1n) is 9.79. The number of amides is 3. The molecule has 0 aromatic heterocycles. The largest absolute Gasteiger partial charge is 0.486 e. The molecule has 0 radical (unpaired) electrons. The highest BCUT2D eigenvalue weighted by Gasteiger charge is 2.36. The number of ether oxygens (including phenoxy) is 2. The molecule has 3 aliphatic heterocycles. The summed E-state index contributed by atoms with van der Waals surface area (Å²) in [5, 5.41) is 2.96. The molecule has 2 atom stereocenters. The highest BCUT2D eigenvalue weighted by molar-refractivity contribution is 6.00. The van der Waals surface area contributed by atoms with Crippen LogP contribution in [-0.2, 0) is 14.4 Å². The predicted octanol–water partition coefficient (Wildman–Crippen LogP) is 0.938. The smallest absolute Gasteiger partial charge is 0.227 e. The third-order valence-electron chi connectivity index (χ3n) is 5.39. The van der Waals surface area contributed by atoms with Crippen LogP contribution in [0.15, 0.2) is 18.2 Å². The Bertz CT molecular complexity index is 796. The Hall–Kier alpha value is -2.77. The van der Waals surface area contributed by atoms with Crippen molar-refractivity contribution in [2.24, 2.45) is 5.92 Å². The van der Waals surface area contributed by atoms with Crippen LogP contribution < -0.4 is 19.7 Å². The number of carbonyl (C=O) groups excluding carboxylic acids is 3.